The Bertz CT molecular complexity index is 1120. The molecule has 4 rings (SSSR count). The summed E-state index contributed by atoms with van der Waals surface area (Å²) >= 11 is 11.4. The summed E-state index contributed by atoms with van der Waals surface area (Å²) in [5, 5.41) is 0.325. The second-order valence-electron chi connectivity index (χ2n) is 7.67. The predicted octanol–water partition coefficient (Wildman–Crippen LogP) is 6.26. The van der Waals surface area contributed by atoms with Gasteiger partial charge in [-0.05, 0) is 73.0 Å². The first-order valence-corrected chi connectivity index (χ1v) is 10.6. The molecule has 0 spiro atoms. The van der Waals surface area contributed by atoms with Gasteiger partial charge in [0.05, 0.1) is 0 Å². The van der Waals surface area contributed by atoms with Crippen LogP contribution in [0.1, 0.15) is 59.9 Å². The lowest BCUT2D eigenvalue weighted by Crippen LogP contribution is -2.22. The maximum Gasteiger partial charge on any atom is 0.255 e. The zero-order valence-corrected chi connectivity index (χ0v) is 17.5. The number of hydrogen-bond acceptors (Lipinski definition) is 2. The quantitative estimate of drug-likeness (QED) is 0.482. The molecule has 1 saturated carbocycles. The molecule has 0 atom stereocenters. The van der Waals surface area contributed by atoms with E-state index in [9.17, 15) is 9.18 Å². The topological polar surface area (TPSA) is 48.6 Å². The number of aromatic nitrogens is 2. The number of hydrogen-bond donors (Lipinski definition) is 2. The molecule has 0 radical (unpaired) electrons. The van der Waals surface area contributed by atoms with Crippen LogP contribution in [0.4, 0.5) is 4.39 Å². The zero-order chi connectivity index (χ0) is 20.4. The second kappa shape index (κ2) is 8.64. The van der Waals surface area contributed by atoms with Crippen molar-refractivity contribution in [2.24, 2.45) is 0 Å². The molecule has 6 heteroatoms. The predicted molar refractivity (Wildman–Crippen MR) is 117 cm³/mol. The minimum Gasteiger partial charge on any atom is -0.335 e. The fourth-order valence-electron chi connectivity index (χ4n) is 4.35. The SMILES string of the molecule is O=c1[nH]c(=S)[nH]c([C@H]2CC[C@H](c3ccccc3)CC2)c1Cc1ccc(F)cc1Cl. The number of rotatable bonds is 4. The Kier molecular flexibility index (Phi) is 5.97. The van der Waals surface area contributed by atoms with E-state index >= 15 is 0 Å². The van der Waals surface area contributed by atoms with Crippen LogP contribution in [0.25, 0.3) is 0 Å². The van der Waals surface area contributed by atoms with Gasteiger partial charge in [0.25, 0.3) is 5.56 Å². The van der Waals surface area contributed by atoms with E-state index in [-0.39, 0.29) is 17.3 Å². The highest BCUT2D eigenvalue weighted by Crippen LogP contribution is 2.40. The number of aromatic amines is 2. The maximum atomic E-state index is 13.4. The molecule has 0 amide bonds. The summed E-state index contributed by atoms with van der Waals surface area (Å²) in [6.07, 6.45) is 4.45. The summed E-state index contributed by atoms with van der Waals surface area (Å²) in [5.74, 6) is 0.403. The number of nitrogens with one attached hydrogen (secondary N) is 2. The molecular formula is C23H22ClFN2OS. The minimum absolute atomic E-state index is 0.200. The van der Waals surface area contributed by atoms with Gasteiger partial charge >= 0.3 is 0 Å². The van der Waals surface area contributed by atoms with E-state index in [1.807, 2.05) is 6.07 Å². The third kappa shape index (κ3) is 4.51. The Morgan fingerprint density at radius 2 is 1.69 bits per heavy atom. The Labute approximate surface area is 179 Å². The lowest BCUT2D eigenvalue weighted by atomic mass is 9.76. The molecule has 0 saturated heterocycles. The second-order valence-corrected chi connectivity index (χ2v) is 8.49. The molecule has 1 fully saturated rings. The molecule has 0 bridgehead atoms. The van der Waals surface area contributed by atoms with Crippen molar-refractivity contribution in [3.05, 3.63) is 96.9 Å². The summed E-state index contributed by atoms with van der Waals surface area (Å²) in [6, 6.07) is 14.9. The van der Waals surface area contributed by atoms with E-state index in [2.05, 4.69) is 34.2 Å². The van der Waals surface area contributed by atoms with Crippen LogP contribution >= 0.6 is 23.8 Å². The maximum absolute atomic E-state index is 13.4. The summed E-state index contributed by atoms with van der Waals surface area (Å²) in [5.41, 5.74) is 3.43. The van der Waals surface area contributed by atoms with E-state index in [0.29, 0.717) is 27.7 Å². The molecule has 0 aliphatic heterocycles. The van der Waals surface area contributed by atoms with E-state index in [0.717, 1.165) is 36.9 Å². The monoisotopic (exact) mass is 428 g/mol. The molecule has 1 aromatic heterocycles. The lowest BCUT2D eigenvalue weighted by molar-refractivity contribution is 0.389. The number of benzene rings is 2. The Morgan fingerprint density at radius 3 is 2.38 bits per heavy atom. The summed E-state index contributed by atoms with van der Waals surface area (Å²) < 4.78 is 13.7. The van der Waals surface area contributed by atoms with E-state index < -0.39 is 0 Å². The molecule has 1 aliphatic carbocycles. The van der Waals surface area contributed by atoms with Crippen molar-refractivity contribution in [2.75, 3.05) is 0 Å². The van der Waals surface area contributed by atoms with Gasteiger partial charge in [-0.25, -0.2) is 4.39 Å². The molecule has 2 N–H and O–H groups in total. The average Bonchev–Trinajstić information content (AvgIpc) is 2.72. The van der Waals surface area contributed by atoms with Gasteiger partial charge in [0.1, 0.15) is 5.82 Å². The van der Waals surface area contributed by atoms with Gasteiger partial charge < -0.3 is 4.98 Å². The molecule has 3 aromatic rings. The summed E-state index contributed by atoms with van der Waals surface area (Å²) in [6.45, 7) is 0. The summed E-state index contributed by atoms with van der Waals surface area (Å²) in [4.78, 5) is 18.6. The normalized spacial score (nSPS) is 19.2. The molecule has 3 nitrogen and oxygen atoms in total. The molecule has 29 heavy (non-hydrogen) atoms. The average molecular weight is 429 g/mol. The number of halogens is 2. The van der Waals surface area contributed by atoms with E-state index in [4.69, 9.17) is 23.8 Å². The van der Waals surface area contributed by atoms with Crippen molar-refractivity contribution in [3.8, 4) is 0 Å². The first kappa shape index (κ1) is 20.0. The van der Waals surface area contributed by atoms with Gasteiger partial charge in [-0.3, -0.25) is 9.78 Å². The van der Waals surface area contributed by atoms with Crippen LogP contribution in [0.5, 0.6) is 0 Å². The van der Waals surface area contributed by atoms with Crippen LogP contribution in [0.3, 0.4) is 0 Å². The smallest absolute Gasteiger partial charge is 0.255 e. The highest BCUT2D eigenvalue weighted by molar-refractivity contribution is 7.71. The molecule has 1 aliphatic rings. The molecular weight excluding hydrogens is 407 g/mol. The van der Waals surface area contributed by atoms with Crippen molar-refractivity contribution < 1.29 is 4.39 Å². The first-order chi connectivity index (χ1) is 14.0. The van der Waals surface area contributed by atoms with Crippen molar-refractivity contribution in [1.29, 1.82) is 0 Å². The third-order valence-corrected chi connectivity index (χ3v) is 6.42. The van der Waals surface area contributed by atoms with E-state index in [1.54, 1.807) is 6.07 Å². The van der Waals surface area contributed by atoms with Crippen LogP contribution < -0.4 is 5.56 Å². The minimum atomic E-state index is -0.389. The first-order valence-electron chi connectivity index (χ1n) is 9.85. The third-order valence-electron chi connectivity index (χ3n) is 5.86. The molecule has 150 valence electrons. The van der Waals surface area contributed by atoms with Crippen LogP contribution in [0, 0.1) is 10.6 Å². The van der Waals surface area contributed by atoms with Gasteiger partial charge in [0.15, 0.2) is 4.77 Å². The van der Waals surface area contributed by atoms with Crippen LogP contribution in [0.15, 0.2) is 53.3 Å². The summed E-state index contributed by atoms with van der Waals surface area (Å²) in [7, 11) is 0. The van der Waals surface area contributed by atoms with Crippen molar-refractivity contribution in [1.82, 2.24) is 9.97 Å². The molecule has 2 aromatic carbocycles. The van der Waals surface area contributed by atoms with Crippen molar-refractivity contribution in [3.63, 3.8) is 0 Å². The lowest BCUT2D eigenvalue weighted by Gasteiger charge is -2.30. The van der Waals surface area contributed by atoms with Crippen molar-refractivity contribution in [2.45, 2.75) is 43.9 Å². The van der Waals surface area contributed by atoms with Crippen LogP contribution in [0.2, 0.25) is 5.02 Å². The molecule has 1 heterocycles. The zero-order valence-electron chi connectivity index (χ0n) is 15.9. The fraction of sp³-hybridized carbons (Fsp3) is 0.304. The molecule has 0 unspecified atom stereocenters. The van der Waals surface area contributed by atoms with Gasteiger partial charge in [-0.1, -0.05) is 48.0 Å². The Morgan fingerprint density at radius 1 is 1.00 bits per heavy atom. The highest BCUT2D eigenvalue weighted by Gasteiger charge is 2.26. The van der Waals surface area contributed by atoms with Gasteiger partial charge in [-0.15, -0.1) is 0 Å². The van der Waals surface area contributed by atoms with Gasteiger partial charge in [0.2, 0.25) is 0 Å². The number of H-pyrrole nitrogens is 2. The standard InChI is InChI=1S/C23H22ClFN2OS/c24-20-13-18(25)11-10-17(20)12-19-21(26-23(29)27-22(19)28)16-8-6-15(7-9-16)14-4-2-1-3-5-14/h1-5,10-11,13,15-16H,6-9,12H2,(H2,26,27,28,29)/t15-,16-. The van der Waals surface area contributed by atoms with Gasteiger partial charge in [0, 0.05) is 22.7 Å². The van der Waals surface area contributed by atoms with Gasteiger partial charge in [-0.2, -0.15) is 0 Å². The largest absolute Gasteiger partial charge is 0.335 e. The fourth-order valence-corrected chi connectivity index (χ4v) is 4.79. The highest BCUT2D eigenvalue weighted by atomic mass is 35.5. The van der Waals surface area contributed by atoms with Crippen LogP contribution in [-0.4, -0.2) is 9.97 Å². The van der Waals surface area contributed by atoms with E-state index in [1.165, 1.54) is 17.7 Å². The van der Waals surface area contributed by atoms with Crippen molar-refractivity contribution >= 4 is 23.8 Å². The van der Waals surface area contributed by atoms with Crippen LogP contribution in [-0.2, 0) is 6.42 Å². The Balaban J connectivity index is 1.61. The Hall–Kier alpha value is -2.24.